The number of halogens is 1. The van der Waals surface area contributed by atoms with Crippen LogP contribution in [0.3, 0.4) is 0 Å². The molecule has 4 nitrogen and oxygen atoms in total. The zero-order valence-corrected chi connectivity index (χ0v) is 16.5. The van der Waals surface area contributed by atoms with E-state index >= 15 is 0 Å². The van der Waals surface area contributed by atoms with E-state index in [0.717, 1.165) is 50.9 Å². The van der Waals surface area contributed by atoms with Gasteiger partial charge in [-0.1, -0.05) is 18.2 Å². The van der Waals surface area contributed by atoms with Gasteiger partial charge in [-0.2, -0.15) is 0 Å². The number of likely N-dealkylation sites (tertiary alicyclic amines) is 1. The standard InChI is InChI=1S/C21H25NO3.BrH/c23-19-6-2-1-4-14(19)5-3-9-22-12-16-8-7-15-10-20(24)21(25)11-17(15)18(16)13-22;/h1-2,4,6,10-11,16,18,23-25H,3,5,7-9,12-13H2;1H. The third-order valence-corrected chi connectivity index (χ3v) is 5.85. The van der Waals surface area contributed by atoms with Crippen LogP contribution in [0.15, 0.2) is 36.4 Å². The third-order valence-electron chi connectivity index (χ3n) is 5.85. The smallest absolute Gasteiger partial charge is 0.157 e. The molecule has 4 rings (SSSR count). The molecule has 0 saturated carbocycles. The number of benzene rings is 2. The van der Waals surface area contributed by atoms with E-state index in [1.54, 1.807) is 18.2 Å². The first-order valence-corrected chi connectivity index (χ1v) is 9.16. The van der Waals surface area contributed by atoms with E-state index in [-0.39, 0.29) is 28.5 Å². The second kappa shape index (κ2) is 7.89. The van der Waals surface area contributed by atoms with Gasteiger partial charge in [0.2, 0.25) is 0 Å². The van der Waals surface area contributed by atoms with Crippen molar-refractivity contribution in [3.63, 3.8) is 0 Å². The van der Waals surface area contributed by atoms with E-state index in [1.165, 1.54) is 11.1 Å². The molecule has 5 heteroatoms. The Morgan fingerprint density at radius 1 is 0.962 bits per heavy atom. The van der Waals surface area contributed by atoms with Gasteiger partial charge in [0.05, 0.1) is 0 Å². The molecule has 3 N–H and O–H groups in total. The zero-order chi connectivity index (χ0) is 17.4. The zero-order valence-electron chi connectivity index (χ0n) is 14.8. The summed E-state index contributed by atoms with van der Waals surface area (Å²) < 4.78 is 0. The first kappa shape index (κ1) is 19.1. The maximum atomic E-state index is 9.87. The molecule has 0 spiro atoms. The Balaban J connectivity index is 0.00000196. The molecule has 0 amide bonds. The molecule has 1 fully saturated rings. The summed E-state index contributed by atoms with van der Waals surface area (Å²) in [5, 5.41) is 29.5. The van der Waals surface area contributed by atoms with Gasteiger partial charge >= 0.3 is 0 Å². The predicted molar refractivity (Wildman–Crippen MR) is 108 cm³/mol. The Morgan fingerprint density at radius 3 is 2.54 bits per heavy atom. The summed E-state index contributed by atoms with van der Waals surface area (Å²) in [5.41, 5.74) is 3.42. The topological polar surface area (TPSA) is 63.9 Å². The number of hydrogen-bond acceptors (Lipinski definition) is 4. The number of nitrogens with zero attached hydrogens (tertiary/aromatic N) is 1. The summed E-state index contributed by atoms with van der Waals surface area (Å²) in [4.78, 5) is 2.51. The molecule has 2 aliphatic rings. The maximum absolute atomic E-state index is 9.87. The van der Waals surface area contributed by atoms with Gasteiger partial charge in [-0.15, -0.1) is 17.0 Å². The molecule has 0 radical (unpaired) electrons. The lowest BCUT2D eigenvalue weighted by Gasteiger charge is -2.27. The molecule has 26 heavy (non-hydrogen) atoms. The van der Waals surface area contributed by atoms with Gasteiger partial charge < -0.3 is 20.2 Å². The highest BCUT2D eigenvalue weighted by Gasteiger charge is 2.37. The lowest BCUT2D eigenvalue weighted by Crippen LogP contribution is -2.22. The van der Waals surface area contributed by atoms with Crippen molar-refractivity contribution in [2.75, 3.05) is 19.6 Å². The summed E-state index contributed by atoms with van der Waals surface area (Å²) >= 11 is 0. The summed E-state index contributed by atoms with van der Waals surface area (Å²) in [7, 11) is 0. The molecular formula is C21H26BrNO3. The normalized spacial score (nSPS) is 21.7. The van der Waals surface area contributed by atoms with Gasteiger partial charge in [0.1, 0.15) is 5.75 Å². The van der Waals surface area contributed by atoms with E-state index in [2.05, 4.69) is 4.90 Å². The van der Waals surface area contributed by atoms with Crippen LogP contribution < -0.4 is 0 Å². The first-order chi connectivity index (χ1) is 12.1. The van der Waals surface area contributed by atoms with E-state index in [0.29, 0.717) is 17.6 Å². The average molecular weight is 420 g/mol. The fraction of sp³-hybridized carbons (Fsp3) is 0.429. The Kier molecular flexibility index (Phi) is 5.78. The Labute approximate surface area is 164 Å². The largest absolute Gasteiger partial charge is 0.508 e. The number of phenolic OH excluding ortho intramolecular Hbond substituents is 3. The van der Waals surface area contributed by atoms with E-state index < -0.39 is 0 Å². The van der Waals surface area contributed by atoms with Gasteiger partial charge in [-0.25, -0.2) is 0 Å². The highest BCUT2D eigenvalue weighted by molar-refractivity contribution is 8.93. The number of aryl methyl sites for hydroxylation is 2. The summed E-state index contributed by atoms with van der Waals surface area (Å²) in [5.74, 6) is 1.48. The van der Waals surface area contributed by atoms with Crippen molar-refractivity contribution < 1.29 is 15.3 Å². The third kappa shape index (κ3) is 3.69. The Hall–Kier alpha value is -1.72. The fourth-order valence-corrected chi connectivity index (χ4v) is 4.54. The van der Waals surface area contributed by atoms with Gasteiger partial charge in [0, 0.05) is 19.0 Å². The van der Waals surface area contributed by atoms with Crippen molar-refractivity contribution in [3.8, 4) is 17.2 Å². The molecule has 2 atom stereocenters. The SMILES string of the molecule is Br.Oc1cc2c(cc1O)C1CN(CCCc3ccccc3O)CC1CC2. The van der Waals surface area contributed by atoms with Gasteiger partial charge in [-0.3, -0.25) is 0 Å². The molecule has 0 bridgehead atoms. The van der Waals surface area contributed by atoms with Crippen LogP contribution >= 0.6 is 17.0 Å². The molecule has 1 saturated heterocycles. The summed E-state index contributed by atoms with van der Waals surface area (Å²) in [6.45, 7) is 3.15. The van der Waals surface area contributed by atoms with Crippen molar-refractivity contribution in [3.05, 3.63) is 53.1 Å². The molecular weight excluding hydrogens is 394 g/mol. The van der Waals surface area contributed by atoms with Gasteiger partial charge in [0.25, 0.3) is 0 Å². The lowest BCUT2D eigenvalue weighted by molar-refractivity contribution is 0.316. The van der Waals surface area contributed by atoms with E-state index in [9.17, 15) is 15.3 Å². The molecule has 0 aromatic heterocycles. The second-order valence-electron chi connectivity index (χ2n) is 7.44. The van der Waals surface area contributed by atoms with Crippen LogP contribution in [0.5, 0.6) is 17.2 Å². The van der Waals surface area contributed by atoms with Crippen LogP contribution in [0.2, 0.25) is 0 Å². The number of phenols is 3. The van der Waals surface area contributed by atoms with Crippen molar-refractivity contribution in [2.24, 2.45) is 5.92 Å². The number of aromatic hydroxyl groups is 3. The van der Waals surface area contributed by atoms with Crippen molar-refractivity contribution in [1.29, 1.82) is 0 Å². The molecule has 2 aromatic carbocycles. The van der Waals surface area contributed by atoms with Crippen molar-refractivity contribution >= 4 is 17.0 Å². The lowest BCUT2D eigenvalue weighted by atomic mass is 9.77. The Morgan fingerprint density at radius 2 is 1.73 bits per heavy atom. The van der Waals surface area contributed by atoms with E-state index in [1.807, 2.05) is 18.2 Å². The van der Waals surface area contributed by atoms with E-state index in [4.69, 9.17) is 0 Å². The van der Waals surface area contributed by atoms with Crippen LogP contribution in [0.25, 0.3) is 0 Å². The minimum absolute atomic E-state index is 0. The number of rotatable bonds is 4. The van der Waals surface area contributed by atoms with Crippen molar-refractivity contribution in [1.82, 2.24) is 4.90 Å². The van der Waals surface area contributed by atoms with Crippen LogP contribution in [-0.2, 0) is 12.8 Å². The van der Waals surface area contributed by atoms with Crippen LogP contribution in [0.4, 0.5) is 0 Å². The summed E-state index contributed by atoms with van der Waals surface area (Å²) in [6, 6.07) is 11.1. The highest BCUT2D eigenvalue weighted by atomic mass is 79.9. The second-order valence-corrected chi connectivity index (χ2v) is 7.44. The average Bonchev–Trinajstić information content (AvgIpc) is 3.01. The van der Waals surface area contributed by atoms with Crippen LogP contribution in [0.1, 0.15) is 35.4 Å². The predicted octanol–water partition coefficient (Wildman–Crippen LogP) is 3.98. The number of para-hydroxylation sites is 1. The minimum Gasteiger partial charge on any atom is -0.508 e. The minimum atomic E-state index is -0.00489. The molecule has 1 heterocycles. The van der Waals surface area contributed by atoms with Gasteiger partial charge in [0.15, 0.2) is 11.5 Å². The molecule has 140 valence electrons. The Bertz CT molecular complexity index is 780. The quantitative estimate of drug-likeness (QED) is 0.655. The fourth-order valence-electron chi connectivity index (χ4n) is 4.54. The number of hydrogen-bond donors (Lipinski definition) is 3. The molecule has 2 unspecified atom stereocenters. The number of fused-ring (bicyclic) bond motifs is 3. The monoisotopic (exact) mass is 419 g/mol. The molecule has 1 aliphatic heterocycles. The molecule has 1 aliphatic carbocycles. The first-order valence-electron chi connectivity index (χ1n) is 9.16. The van der Waals surface area contributed by atoms with Crippen LogP contribution in [-0.4, -0.2) is 39.9 Å². The highest BCUT2D eigenvalue weighted by Crippen LogP contribution is 2.44. The summed E-state index contributed by atoms with van der Waals surface area (Å²) in [6.07, 6.45) is 4.06. The maximum Gasteiger partial charge on any atom is 0.157 e. The van der Waals surface area contributed by atoms with Gasteiger partial charge in [-0.05, 0) is 73.0 Å². The molecule has 2 aromatic rings. The van der Waals surface area contributed by atoms with Crippen LogP contribution in [0, 0.1) is 5.92 Å². The van der Waals surface area contributed by atoms with Crippen molar-refractivity contribution in [2.45, 2.75) is 31.6 Å².